The summed E-state index contributed by atoms with van der Waals surface area (Å²) in [6, 6.07) is 5.28. The lowest BCUT2D eigenvalue weighted by Crippen LogP contribution is -2.40. The molecule has 0 bridgehead atoms. The molecule has 2 heterocycles. The molecule has 0 spiro atoms. The number of fused-ring (bicyclic) bond motifs is 1. The first-order valence-corrected chi connectivity index (χ1v) is 9.05. The molecule has 2 aliphatic heterocycles. The Hall–Kier alpha value is -2.51. The Kier molecular flexibility index (Phi) is 6.03. The van der Waals surface area contributed by atoms with Crippen molar-refractivity contribution >= 4 is 28.3 Å². The predicted molar refractivity (Wildman–Crippen MR) is 94.8 cm³/mol. The number of nitriles is 1. The van der Waals surface area contributed by atoms with Gasteiger partial charge in [-0.1, -0.05) is 0 Å². The maximum absolute atomic E-state index is 11.9. The van der Waals surface area contributed by atoms with E-state index in [4.69, 9.17) is 14.2 Å². The lowest BCUT2D eigenvalue weighted by Gasteiger charge is -2.18. The maximum Gasteiger partial charge on any atom is 0.435 e. The first-order valence-electron chi connectivity index (χ1n) is 8.40. The molecule has 10 heteroatoms. The third-order valence-corrected chi connectivity index (χ3v) is 4.76. The van der Waals surface area contributed by atoms with Crippen LogP contribution in [0.15, 0.2) is 12.1 Å². The number of nitrogens with zero attached hydrogens (tertiary/aromatic N) is 2. The number of ether oxygens (including phenoxy) is 3. The van der Waals surface area contributed by atoms with Gasteiger partial charge in [-0.05, 0) is 25.0 Å². The highest BCUT2D eigenvalue weighted by Gasteiger charge is 2.38. The number of hydrogen-bond donors (Lipinski definition) is 1. The molecule has 2 aliphatic rings. The van der Waals surface area contributed by atoms with Gasteiger partial charge in [-0.3, -0.25) is 4.79 Å². The number of esters is 1. The molecule has 1 N–H and O–H groups in total. The normalized spacial score (nSPS) is 20.3. The Morgan fingerprint density at radius 3 is 2.81 bits per heavy atom. The quantitative estimate of drug-likeness (QED) is 0.693. The van der Waals surface area contributed by atoms with E-state index >= 15 is 0 Å². The van der Waals surface area contributed by atoms with Crippen LogP contribution in [0, 0.1) is 17.2 Å². The number of nitrogens with one attached hydrogen (secondary N) is 1. The second-order valence-corrected chi connectivity index (χ2v) is 6.46. The number of hydrogen-bond acceptors (Lipinski definition) is 8. The van der Waals surface area contributed by atoms with Crippen LogP contribution in [0.5, 0.6) is 11.5 Å². The van der Waals surface area contributed by atoms with E-state index in [-0.39, 0.29) is 44.3 Å². The minimum atomic E-state index is -0.613. The molecular formula is C17H18BrN3O6. The van der Waals surface area contributed by atoms with Gasteiger partial charge in [-0.15, -0.1) is 0 Å². The topological polar surface area (TPSA) is 110 Å². The van der Waals surface area contributed by atoms with Crippen LogP contribution >= 0.6 is 16.3 Å². The largest absolute Gasteiger partial charge is 0.466 e. The van der Waals surface area contributed by atoms with Gasteiger partial charge >= 0.3 is 12.1 Å². The highest BCUT2D eigenvalue weighted by Crippen LogP contribution is 2.36. The molecule has 0 aliphatic carbocycles. The molecule has 3 rings (SSSR count). The van der Waals surface area contributed by atoms with E-state index in [2.05, 4.69) is 31.6 Å². The number of carbonyl (C=O) groups is 2. The fourth-order valence-corrected chi connectivity index (χ4v) is 3.41. The predicted octanol–water partition coefficient (Wildman–Crippen LogP) is 2.03. The standard InChI is InChI=1S/C17H18BrN3O6/c1-2-24-16(22)6-12-8-21(17(23)27-18)20-13(12)3-10-4-14-15(26-9-25-14)5-11(10)7-19/h4-5,12-13,20H,2-3,6,8-9H2,1H3/t12?,13-/m1/s1. The van der Waals surface area contributed by atoms with Gasteiger partial charge in [0.2, 0.25) is 6.79 Å². The van der Waals surface area contributed by atoms with E-state index in [1.807, 2.05) is 0 Å². The number of halogens is 1. The zero-order chi connectivity index (χ0) is 19.4. The first kappa shape index (κ1) is 19.3. The molecule has 1 aromatic rings. The van der Waals surface area contributed by atoms with E-state index < -0.39 is 6.09 Å². The first-order chi connectivity index (χ1) is 13.0. The molecule has 2 atom stereocenters. The minimum Gasteiger partial charge on any atom is -0.466 e. The van der Waals surface area contributed by atoms with E-state index in [1.54, 1.807) is 19.1 Å². The van der Waals surface area contributed by atoms with Crippen molar-refractivity contribution in [3.05, 3.63) is 23.3 Å². The van der Waals surface area contributed by atoms with Crippen LogP contribution in [-0.4, -0.2) is 43.1 Å². The van der Waals surface area contributed by atoms with E-state index in [9.17, 15) is 14.9 Å². The molecule has 0 saturated carbocycles. The number of carbonyl (C=O) groups excluding carboxylic acids is 2. The fraction of sp³-hybridized carbons (Fsp3) is 0.471. The molecule has 144 valence electrons. The minimum absolute atomic E-state index is 0.113. The van der Waals surface area contributed by atoms with Crippen LogP contribution in [0.2, 0.25) is 0 Å². The van der Waals surface area contributed by atoms with Crippen LogP contribution in [-0.2, 0) is 19.8 Å². The number of rotatable bonds is 5. The van der Waals surface area contributed by atoms with Gasteiger partial charge in [0.1, 0.15) is 0 Å². The lowest BCUT2D eigenvalue weighted by atomic mass is 9.91. The summed E-state index contributed by atoms with van der Waals surface area (Å²) < 4.78 is 20.3. The monoisotopic (exact) mass is 439 g/mol. The van der Waals surface area contributed by atoms with Gasteiger partial charge in [0, 0.05) is 24.6 Å². The van der Waals surface area contributed by atoms with Crippen molar-refractivity contribution in [2.75, 3.05) is 19.9 Å². The van der Waals surface area contributed by atoms with E-state index in [0.717, 1.165) is 5.56 Å². The highest BCUT2D eigenvalue weighted by molar-refractivity contribution is 9.06. The summed E-state index contributed by atoms with van der Waals surface area (Å²) in [5, 5.41) is 10.7. The molecule has 1 aromatic carbocycles. The number of hydrazine groups is 1. The van der Waals surface area contributed by atoms with Gasteiger partial charge in [0.15, 0.2) is 27.8 Å². The van der Waals surface area contributed by atoms with Crippen LogP contribution < -0.4 is 14.9 Å². The van der Waals surface area contributed by atoms with Crippen molar-refractivity contribution in [2.45, 2.75) is 25.8 Å². The number of amides is 1. The van der Waals surface area contributed by atoms with Crippen LogP contribution in [0.25, 0.3) is 0 Å². The number of benzene rings is 1. The Labute approximate surface area is 164 Å². The zero-order valence-corrected chi connectivity index (χ0v) is 16.2. The maximum atomic E-state index is 11.9. The zero-order valence-electron chi connectivity index (χ0n) is 14.6. The third kappa shape index (κ3) is 4.26. The summed E-state index contributed by atoms with van der Waals surface area (Å²) >= 11 is 2.67. The smallest absolute Gasteiger partial charge is 0.435 e. The summed E-state index contributed by atoms with van der Waals surface area (Å²) in [6.45, 7) is 2.42. The summed E-state index contributed by atoms with van der Waals surface area (Å²) in [7, 11) is 0. The van der Waals surface area contributed by atoms with Crippen molar-refractivity contribution in [3.8, 4) is 17.6 Å². The highest BCUT2D eigenvalue weighted by atomic mass is 79.9. The van der Waals surface area contributed by atoms with Crippen LogP contribution in [0.3, 0.4) is 0 Å². The second-order valence-electron chi connectivity index (χ2n) is 6.14. The lowest BCUT2D eigenvalue weighted by molar-refractivity contribution is -0.144. The average molecular weight is 440 g/mol. The molecule has 0 aromatic heterocycles. The molecule has 1 unspecified atom stereocenters. The Morgan fingerprint density at radius 2 is 2.15 bits per heavy atom. The Morgan fingerprint density at radius 1 is 1.41 bits per heavy atom. The fourth-order valence-electron chi connectivity index (χ4n) is 3.24. The summed E-state index contributed by atoms with van der Waals surface area (Å²) in [4.78, 5) is 23.8. The van der Waals surface area contributed by atoms with Gasteiger partial charge < -0.3 is 18.0 Å². The average Bonchev–Trinajstić information content (AvgIpc) is 3.27. The van der Waals surface area contributed by atoms with Crippen molar-refractivity contribution in [1.29, 1.82) is 5.26 Å². The molecule has 1 fully saturated rings. The third-order valence-electron chi connectivity index (χ3n) is 4.49. The molecule has 0 radical (unpaired) electrons. The Bertz CT molecular complexity index is 781. The molecule has 9 nitrogen and oxygen atoms in total. The summed E-state index contributed by atoms with van der Waals surface area (Å²) in [6.07, 6.45) is -0.0581. The van der Waals surface area contributed by atoms with Crippen molar-refractivity contribution in [1.82, 2.24) is 10.4 Å². The van der Waals surface area contributed by atoms with E-state index in [1.165, 1.54) is 5.01 Å². The second kappa shape index (κ2) is 8.45. The van der Waals surface area contributed by atoms with Gasteiger partial charge in [-0.25, -0.2) is 15.2 Å². The van der Waals surface area contributed by atoms with Crippen molar-refractivity contribution < 1.29 is 27.6 Å². The summed E-state index contributed by atoms with van der Waals surface area (Å²) in [5.74, 6) is 0.560. The van der Waals surface area contributed by atoms with Gasteiger partial charge in [-0.2, -0.15) is 5.26 Å². The molecule has 1 saturated heterocycles. The summed E-state index contributed by atoms with van der Waals surface area (Å²) in [5.41, 5.74) is 4.24. The van der Waals surface area contributed by atoms with Gasteiger partial charge in [0.05, 0.1) is 24.7 Å². The molecule has 27 heavy (non-hydrogen) atoms. The SMILES string of the molecule is CCOC(=O)CC1CN(C(=O)OBr)N[C@@H]1Cc1cc2c(cc1C#N)OCO2. The van der Waals surface area contributed by atoms with Crippen LogP contribution in [0.1, 0.15) is 24.5 Å². The molecular weight excluding hydrogens is 422 g/mol. The Balaban J connectivity index is 1.81. The van der Waals surface area contributed by atoms with Gasteiger partial charge in [0.25, 0.3) is 0 Å². The molecule has 1 amide bonds. The van der Waals surface area contributed by atoms with E-state index in [0.29, 0.717) is 23.5 Å². The van der Waals surface area contributed by atoms with Crippen molar-refractivity contribution in [2.24, 2.45) is 5.92 Å². The van der Waals surface area contributed by atoms with Crippen LogP contribution in [0.4, 0.5) is 4.79 Å². The van der Waals surface area contributed by atoms with Crippen molar-refractivity contribution in [3.63, 3.8) is 0 Å².